The van der Waals surface area contributed by atoms with E-state index in [2.05, 4.69) is 4.98 Å². The van der Waals surface area contributed by atoms with Crippen molar-refractivity contribution in [2.75, 3.05) is 6.54 Å². The molecule has 1 aliphatic heterocycles. The maximum absolute atomic E-state index is 12.6. The Morgan fingerprint density at radius 2 is 1.90 bits per heavy atom. The summed E-state index contributed by atoms with van der Waals surface area (Å²) in [6, 6.07) is 9.39. The second kappa shape index (κ2) is 5.16. The third-order valence-electron chi connectivity index (χ3n) is 3.45. The minimum Gasteiger partial charge on any atom is -0.263 e. The van der Waals surface area contributed by atoms with Crippen LogP contribution >= 0.6 is 11.6 Å². The van der Waals surface area contributed by atoms with Gasteiger partial charge in [0.25, 0.3) is 0 Å². The van der Waals surface area contributed by atoms with Crippen LogP contribution in [0.1, 0.15) is 11.1 Å². The van der Waals surface area contributed by atoms with E-state index in [0.717, 1.165) is 5.56 Å². The van der Waals surface area contributed by atoms with E-state index in [1.165, 1.54) is 28.3 Å². The first kappa shape index (κ1) is 13.5. The van der Waals surface area contributed by atoms with E-state index in [1.54, 1.807) is 0 Å². The minimum absolute atomic E-state index is 0.0704. The molecule has 3 rings (SSSR count). The van der Waals surface area contributed by atoms with Crippen LogP contribution in [0.3, 0.4) is 0 Å². The van der Waals surface area contributed by atoms with Crippen LogP contribution in [0.15, 0.2) is 47.6 Å². The predicted molar refractivity (Wildman–Crippen MR) is 77.0 cm³/mol. The average molecular weight is 309 g/mol. The maximum atomic E-state index is 12.6. The molecule has 0 unspecified atom stereocenters. The van der Waals surface area contributed by atoms with E-state index in [0.29, 0.717) is 19.5 Å². The third kappa shape index (κ3) is 2.32. The number of aromatic nitrogens is 1. The number of sulfonamides is 1. The van der Waals surface area contributed by atoms with Crippen molar-refractivity contribution in [3.63, 3.8) is 0 Å². The summed E-state index contributed by atoms with van der Waals surface area (Å²) in [5.41, 5.74) is 2.25. The zero-order valence-electron chi connectivity index (χ0n) is 10.7. The highest BCUT2D eigenvalue weighted by atomic mass is 35.5. The number of fused-ring (bicyclic) bond motifs is 1. The Kier molecular flexibility index (Phi) is 3.50. The van der Waals surface area contributed by atoms with Gasteiger partial charge >= 0.3 is 0 Å². The van der Waals surface area contributed by atoms with Crippen molar-refractivity contribution in [2.24, 2.45) is 0 Å². The van der Waals surface area contributed by atoms with Crippen molar-refractivity contribution in [3.8, 4) is 0 Å². The van der Waals surface area contributed by atoms with E-state index in [-0.39, 0.29) is 9.92 Å². The van der Waals surface area contributed by atoms with Crippen LogP contribution in [0.5, 0.6) is 0 Å². The summed E-state index contributed by atoms with van der Waals surface area (Å²) in [5.74, 6) is 0. The first-order valence-corrected chi connectivity index (χ1v) is 8.07. The van der Waals surface area contributed by atoms with Crippen LogP contribution in [-0.4, -0.2) is 24.3 Å². The number of pyridine rings is 1. The Morgan fingerprint density at radius 1 is 1.15 bits per heavy atom. The van der Waals surface area contributed by atoms with Gasteiger partial charge in [-0.05, 0) is 23.6 Å². The van der Waals surface area contributed by atoms with Gasteiger partial charge in [-0.15, -0.1) is 0 Å². The molecule has 4 nitrogen and oxygen atoms in total. The second-order valence-corrected chi connectivity index (χ2v) is 6.98. The largest absolute Gasteiger partial charge is 0.263 e. The summed E-state index contributed by atoms with van der Waals surface area (Å²) >= 11 is 5.98. The molecule has 0 bridgehead atoms. The second-order valence-electron chi connectivity index (χ2n) is 4.66. The Bertz CT molecular complexity index is 746. The highest BCUT2D eigenvalue weighted by Crippen LogP contribution is 2.27. The fourth-order valence-electron chi connectivity index (χ4n) is 2.37. The van der Waals surface area contributed by atoms with Crippen LogP contribution in [0, 0.1) is 0 Å². The minimum atomic E-state index is -3.60. The lowest BCUT2D eigenvalue weighted by Gasteiger charge is -2.28. The fraction of sp³-hybridized carbons (Fsp3) is 0.214. The molecular formula is C14H13ClN2O2S. The number of nitrogens with zero attached hydrogens (tertiary/aromatic N) is 2. The van der Waals surface area contributed by atoms with Crippen LogP contribution < -0.4 is 0 Å². The quantitative estimate of drug-likeness (QED) is 0.856. The summed E-state index contributed by atoms with van der Waals surface area (Å²) in [6.45, 7) is 0.842. The number of hydrogen-bond donors (Lipinski definition) is 0. The molecule has 1 aromatic heterocycles. The molecular weight excluding hydrogens is 296 g/mol. The summed E-state index contributed by atoms with van der Waals surface area (Å²) in [6.07, 6.45) is 3.50. The zero-order valence-corrected chi connectivity index (χ0v) is 12.2. The van der Waals surface area contributed by atoms with Crippen LogP contribution in [-0.2, 0) is 23.0 Å². The summed E-state index contributed by atoms with van der Waals surface area (Å²) < 4.78 is 26.7. The Labute approximate surface area is 123 Å². The van der Waals surface area contributed by atoms with Gasteiger partial charge in [-0.25, -0.2) is 8.42 Å². The van der Waals surface area contributed by atoms with Crippen molar-refractivity contribution in [1.82, 2.24) is 9.29 Å². The lowest BCUT2D eigenvalue weighted by Crippen LogP contribution is -2.36. The summed E-state index contributed by atoms with van der Waals surface area (Å²) in [7, 11) is -3.60. The summed E-state index contributed by atoms with van der Waals surface area (Å²) in [5, 5.41) is 0.207. The van der Waals surface area contributed by atoms with Crippen molar-refractivity contribution in [2.45, 2.75) is 17.9 Å². The molecule has 1 aliphatic rings. The van der Waals surface area contributed by atoms with Gasteiger partial charge in [-0.1, -0.05) is 35.9 Å². The van der Waals surface area contributed by atoms with Gasteiger partial charge < -0.3 is 0 Å². The highest BCUT2D eigenvalue weighted by molar-refractivity contribution is 7.89. The van der Waals surface area contributed by atoms with E-state index in [4.69, 9.17) is 11.6 Å². The lowest BCUT2D eigenvalue weighted by atomic mass is 10.0. The van der Waals surface area contributed by atoms with Gasteiger partial charge in [0.05, 0.1) is 5.02 Å². The Hall–Kier alpha value is -1.43. The number of rotatable bonds is 2. The molecule has 0 amide bonds. The topological polar surface area (TPSA) is 50.3 Å². The molecule has 0 N–H and O–H groups in total. The predicted octanol–water partition coefficient (Wildman–Crippen LogP) is 2.48. The SMILES string of the molecule is O=S(=O)(c1cnccc1Cl)N1CCc2ccccc2C1. The van der Waals surface area contributed by atoms with Crippen molar-refractivity contribution < 1.29 is 8.42 Å². The molecule has 0 atom stereocenters. The number of halogens is 1. The molecule has 1 aromatic carbocycles. The van der Waals surface area contributed by atoms with Gasteiger partial charge in [0.1, 0.15) is 4.90 Å². The van der Waals surface area contributed by atoms with Crippen molar-refractivity contribution in [3.05, 3.63) is 58.9 Å². The number of benzene rings is 1. The molecule has 0 fully saturated rings. The average Bonchev–Trinajstić information content (AvgIpc) is 2.47. The van der Waals surface area contributed by atoms with Gasteiger partial charge in [0.2, 0.25) is 10.0 Å². The van der Waals surface area contributed by atoms with Gasteiger partial charge in [0.15, 0.2) is 0 Å². The molecule has 20 heavy (non-hydrogen) atoms. The summed E-state index contributed by atoms with van der Waals surface area (Å²) in [4.78, 5) is 3.93. The van der Waals surface area contributed by atoms with Gasteiger partial charge in [0, 0.05) is 25.5 Å². The Balaban J connectivity index is 1.97. The van der Waals surface area contributed by atoms with E-state index >= 15 is 0 Å². The molecule has 6 heteroatoms. The van der Waals surface area contributed by atoms with E-state index in [1.807, 2.05) is 24.3 Å². The first-order valence-electron chi connectivity index (χ1n) is 6.25. The number of hydrogen-bond acceptors (Lipinski definition) is 3. The van der Waals surface area contributed by atoms with Gasteiger partial charge in [-0.2, -0.15) is 4.31 Å². The zero-order chi connectivity index (χ0) is 14.2. The van der Waals surface area contributed by atoms with Crippen LogP contribution in [0.2, 0.25) is 5.02 Å². The van der Waals surface area contributed by atoms with Crippen LogP contribution in [0.25, 0.3) is 0 Å². The monoisotopic (exact) mass is 308 g/mol. The Morgan fingerprint density at radius 3 is 2.65 bits per heavy atom. The fourth-order valence-corrected chi connectivity index (χ4v) is 4.19. The third-order valence-corrected chi connectivity index (χ3v) is 5.76. The molecule has 0 aliphatic carbocycles. The molecule has 0 saturated heterocycles. The molecule has 0 spiro atoms. The van der Waals surface area contributed by atoms with Crippen molar-refractivity contribution in [1.29, 1.82) is 0 Å². The lowest BCUT2D eigenvalue weighted by molar-refractivity contribution is 0.391. The molecule has 104 valence electrons. The van der Waals surface area contributed by atoms with Crippen LogP contribution in [0.4, 0.5) is 0 Å². The van der Waals surface area contributed by atoms with Gasteiger partial charge in [-0.3, -0.25) is 4.98 Å². The van der Waals surface area contributed by atoms with Crippen molar-refractivity contribution >= 4 is 21.6 Å². The van der Waals surface area contributed by atoms with E-state index in [9.17, 15) is 8.42 Å². The normalized spacial score (nSPS) is 15.8. The molecule has 0 saturated carbocycles. The van der Waals surface area contributed by atoms with E-state index < -0.39 is 10.0 Å². The maximum Gasteiger partial charge on any atom is 0.246 e. The molecule has 2 aromatic rings. The standard InChI is InChI=1S/C14H13ClN2O2S/c15-13-5-7-16-9-14(13)20(18,19)17-8-6-11-3-1-2-4-12(11)10-17/h1-5,7,9H,6,8,10H2. The first-order chi connectivity index (χ1) is 9.59. The smallest absolute Gasteiger partial charge is 0.246 e. The highest BCUT2D eigenvalue weighted by Gasteiger charge is 2.29. The molecule has 2 heterocycles. The molecule has 0 radical (unpaired) electrons.